The molecule has 0 aliphatic heterocycles. The molecule has 0 aromatic heterocycles. The SMILES string of the molecule is Cc1ccc(S(=O)(=O)OC[C@H](C)CCSc2ccccc2)cc1. The van der Waals surface area contributed by atoms with Crippen molar-refractivity contribution in [3.8, 4) is 0 Å². The van der Waals surface area contributed by atoms with Crippen LogP contribution in [-0.2, 0) is 14.3 Å². The molecular formula is C18H22O3S2. The summed E-state index contributed by atoms with van der Waals surface area (Å²) in [5.41, 5.74) is 1.02. The van der Waals surface area contributed by atoms with Crippen LogP contribution in [0.4, 0.5) is 0 Å². The lowest BCUT2D eigenvalue weighted by atomic mass is 10.1. The van der Waals surface area contributed by atoms with E-state index in [1.54, 1.807) is 36.0 Å². The number of benzene rings is 2. The first-order valence-corrected chi connectivity index (χ1v) is 10.0. The Morgan fingerprint density at radius 3 is 2.35 bits per heavy atom. The molecule has 0 aliphatic rings. The summed E-state index contributed by atoms with van der Waals surface area (Å²) in [4.78, 5) is 1.45. The number of aryl methyl sites for hydroxylation is 1. The molecule has 124 valence electrons. The molecule has 0 saturated heterocycles. The summed E-state index contributed by atoms with van der Waals surface area (Å²) in [7, 11) is -3.66. The molecule has 0 saturated carbocycles. The number of thioether (sulfide) groups is 1. The fourth-order valence-corrected chi connectivity index (χ4v) is 4.08. The molecule has 5 heteroatoms. The van der Waals surface area contributed by atoms with E-state index < -0.39 is 10.1 Å². The fraction of sp³-hybridized carbons (Fsp3) is 0.333. The van der Waals surface area contributed by atoms with E-state index >= 15 is 0 Å². The van der Waals surface area contributed by atoms with Crippen LogP contribution in [0.15, 0.2) is 64.4 Å². The molecule has 0 heterocycles. The lowest BCUT2D eigenvalue weighted by Crippen LogP contribution is -2.13. The number of hydrogen-bond acceptors (Lipinski definition) is 4. The summed E-state index contributed by atoms with van der Waals surface area (Å²) in [5, 5.41) is 0. The maximum atomic E-state index is 12.1. The van der Waals surface area contributed by atoms with Crippen LogP contribution in [-0.4, -0.2) is 20.8 Å². The maximum absolute atomic E-state index is 12.1. The monoisotopic (exact) mass is 350 g/mol. The first kappa shape index (κ1) is 18.0. The van der Waals surface area contributed by atoms with Crippen molar-refractivity contribution in [3.63, 3.8) is 0 Å². The van der Waals surface area contributed by atoms with Crippen LogP contribution in [0.3, 0.4) is 0 Å². The minimum Gasteiger partial charge on any atom is -0.266 e. The van der Waals surface area contributed by atoms with Gasteiger partial charge in [-0.2, -0.15) is 8.42 Å². The van der Waals surface area contributed by atoms with E-state index in [-0.39, 0.29) is 17.4 Å². The largest absolute Gasteiger partial charge is 0.296 e. The Bertz CT molecular complexity index is 695. The third-order valence-electron chi connectivity index (χ3n) is 3.44. The third-order valence-corrected chi connectivity index (χ3v) is 5.78. The Balaban J connectivity index is 1.77. The lowest BCUT2D eigenvalue weighted by molar-refractivity contribution is 0.262. The van der Waals surface area contributed by atoms with Gasteiger partial charge in [0, 0.05) is 4.90 Å². The first-order valence-electron chi connectivity index (χ1n) is 7.61. The summed E-state index contributed by atoms with van der Waals surface area (Å²) in [6.07, 6.45) is 0.906. The molecule has 0 fully saturated rings. The van der Waals surface area contributed by atoms with Gasteiger partial charge in [0.1, 0.15) is 0 Å². The molecule has 0 aliphatic carbocycles. The van der Waals surface area contributed by atoms with Crippen LogP contribution >= 0.6 is 11.8 Å². The summed E-state index contributed by atoms with van der Waals surface area (Å²) < 4.78 is 29.4. The smallest absolute Gasteiger partial charge is 0.266 e. The van der Waals surface area contributed by atoms with Crippen LogP contribution in [0.2, 0.25) is 0 Å². The maximum Gasteiger partial charge on any atom is 0.296 e. The van der Waals surface area contributed by atoms with Crippen LogP contribution < -0.4 is 0 Å². The highest BCUT2D eigenvalue weighted by atomic mass is 32.2. The fourth-order valence-electron chi connectivity index (χ4n) is 1.96. The number of rotatable bonds is 8. The van der Waals surface area contributed by atoms with Crippen molar-refractivity contribution in [1.82, 2.24) is 0 Å². The predicted molar refractivity (Wildman–Crippen MR) is 95.3 cm³/mol. The quantitative estimate of drug-likeness (QED) is 0.519. The van der Waals surface area contributed by atoms with E-state index in [2.05, 4.69) is 12.1 Å². The van der Waals surface area contributed by atoms with Gasteiger partial charge in [-0.3, -0.25) is 4.18 Å². The summed E-state index contributed by atoms with van der Waals surface area (Å²) in [6.45, 7) is 4.14. The van der Waals surface area contributed by atoms with Crippen molar-refractivity contribution in [3.05, 3.63) is 60.2 Å². The van der Waals surface area contributed by atoms with Gasteiger partial charge in [-0.15, -0.1) is 11.8 Å². The molecule has 0 N–H and O–H groups in total. The summed E-state index contributed by atoms with van der Waals surface area (Å²) in [6, 6.07) is 16.9. The molecule has 0 bridgehead atoms. The van der Waals surface area contributed by atoms with Gasteiger partial charge in [-0.1, -0.05) is 42.8 Å². The van der Waals surface area contributed by atoms with Crippen molar-refractivity contribution >= 4 is 21.9 Å². The van der Waals surface area contributed by atoms with E-state index in [0.717, 1.165) is 17.7 Å². The number of hydrogen-bond donors (Lipinski definition) is 0. The van der Waals surface area contributed by atoms with Gasteiger partial charge in [0.25, 0.3) is 10.1 Å². The Kier molecular flexibility index (Phi) is 6.69. The van der Waals surface area contributed by atoms with Crippen molar-refractivity contribution in [2.45, 2.75) is 30.1 Å². The molecule has 3 nitrogen and oxygen atoms in total. The van der Waals surface area contributed by atoms with Gasteiger partial charge < -0.3 is 0 Å². The molecule has 0 amide bonds. The normalized spacial score (nSPS) is 13.0. The molecule has 1 atom stereocenters. The van der Waals surface area contributed by atoms with Gasteiger partial charge >= 0.3 is 0 Å². The van der Waals surface area contributed by atoms with Crippen LogP contribution in [0.25, 0.3) is 0 Å². The zero-order chi connectivity index (χ0) is 16.7. The lowest BCUT2D eigenvalue weighted by Gasteiger charge is -2.12. The van der Waals surface area contributed by atoms with Crippen LogP contribution in [0, 0.1) is 12.8 Å². The van der Waals surface area contributed by atoms with Crippen molar-refractivity contribution in [2.75, 3.05) is 12.4 Å². The molecule has 2 aromatic carbocycles. The molecule has 0 radical (unpaired) electrons. The second-order valence-electron chi connectivity index (χ2n) is 5.61. The molecule has 2 rings (SSSR count). The molecule has 0 spiro atoms. The van der Waals surface area contributed by atoms with E-state index in [0.29, 0.717) is 0 Å². The van der Waals surface area contributed by atoms with E-state index in [1.165, 1.54) is 4.90 Å². The highest BCUT2D eigenvalue weighted by Gasteiger charge is 2.16. The van der Waals surface area contributed by atoms with Crippen molar-refractivity contribution < 1.29 is 12.6 Å². The van der Waals surface area contributed by atoms with E-state index in [9.17, 15) is 8.42 Å². The Labute approximate surface area is 143 Å². The van der Waals surface area contributed by atoms with Crippen LogP contribution in [0.1, 0.15) is 18.9 Å². The van der Waals surface area contributed by atoms with Gasteiger partial charge in [0.15, 0.2) is 0 Å². The van der Waals surface area contributed by atoms with Crippen molar-refractivity contribution in [2.24, 2.45) is 5.92 Å². The van der Waals surface area contributed by atoms with Gasteiger partial charge in [-0.25, -0.2) is 0 Å². The van der Waals surface area contributed by atoms with Gasteiger partial charge in [0.05, 0.1) is 11.5 Å². The third kappa shape index (κ3) is 6.01. The van der Waals surface area contributed by atoms with E-state index in [4.69, 9.17) is 4.18 Å². The van der Waals surface area contributed by atoms with Crippen molar-refractivity contribution in [1.29, 1.82) is 0 Å². The Hall–Kier alpha value is -1.30. The highest BCUT2D eigenvalue weighted by molar-refractivity contribution is 7.99. The summed E-state index contributed by atoms with van der Waals surface area (Å²) in [5.74, 6) is 1.13. The second-order valence-corrected chi connectivity index (χ2v) is 8.39. The first-order chi connectivity index (χ1) is 11.0. The molecule has 0 unspecified atom stereocenters. The Morgan fingerprint density at radius 1 is 1.04 bits per heavy atom. The zero-order valence-corrected chi connectivity index (χ0v) is 15.1. The van der Waals surface area contributed by atoms with Gasteiger partial charge in [0.2, 0.25) is 0 Å². The zero-order valence-electron chi connectivity index (χ0n) is 13.4. The van der Waals surface area contributed by atoms with Crippen LogP contribution in [0.5, 0.6) is 0 Å². The predicted octanol–water partition coefficient (Wildman–Crippen LogP) is 4.52. The Morgan fingerprint density at radius 2 is 1.70 bits per heavy atom. The molecule has 23 heavy (non-hydrogen) atoms. The standard InChI is InChI=1S/C18H22O3S2/c1-15-8-10-18(11-9-15)23(19,20)21-14-16(2)12-13-22-17-6-4-3-5-7-17/h3-11,16H,12-14H2,1-2H3/t16-/m1/s1. The average molecular weight is 351 g/mol. The molecule has 2 aromatic rings. The minimum atomic E-state index is -3.66. The van der Waals surface area contributed by atoms with E-state index in [1.807, 2.05) is 32.0 Å². The average Bonchev–Trinajstić information content (AvgIpc) is 2.54. The minimum absolute atomic E-state index is 0.187. The molecular weight excluding hydrogens is 328 g/mol. The van der Waals surface area contributed by atoms with Gasteiger partial charge in [-0.05, 0) is 49.3 Å². The second kappa shape index (κ2) is 8.52. The topological polar surface area (TPSA) is 43.4 Å². The summed E-state index contributed by atoms with van der Waals surface area (Å²) >= 11 is 1.78. The highest BCUT2D eigenvalue weighted by Crippen LogP contribution is 2.21.